The Hall–Kier alpha value is -4.01. The number of nitrogens with zero attached hydrogens (tertiary/aromatic N) is 3. The van der Waals surface area contributed by atoms with E-state index in [1.54, 1.807) is 4.90 Å². The van der Waals surface area contributed by atoms with Gasteiger partial charge in [0.15, 0.2) is 5.58 Å². The van der Waals surface area contributed by atoms with Crippen molar-refractivity contribution in [2.24, 2.45) is 0 Å². The number of carbonyl (C=O) groups excluding carboxylic acids is 1. The van der Waals surface area contributed by atoms with Crippen molar-refractivity contribution in [2.45, 2.75) is 25.1 Å². The van der Waals surface area contributed by atoms with E-state index in [0.717, 1.165) is 35.4 Å². The Morgan fingerprint density at radius 2 is 1.81 bits per heavy atom. The molecule has 1 aromatic heterocycles. The molecule has 186 valence electrons. The molecule has 6 nitrogen and oxygen atoms in total. The van der Waals surface area contributed by atoms with Crippen LogP contribution in [0.1, 0.15) is 30.3 Å². The maximum absolute atomic E-state index is 13.0. The lowest BCUT2D eigenvalue weighted by Crippen LogP contribution is -2.34. The van der Waals surface area contributed by atoms with Crippen LogP contribution in [-0.4, -0.2) is 36.6 Å². The van der Waals surface area contributed by atoms with Crippen molar-refractivity contribution in [3.8, 4) is 11.1 Å². The highest BCUT2D eigenvalue weighted by molar-refractivity contribution is 5.90. The molecular weight excluding hydrogens is 469 g/mol. The monoisotopic (exact) mass is 494 g/mol. The van der Waals surface area contributed by atoms with Gasteiger partial charge in [0.2, 0.25) is 5.89 Å². The molecule has 1 saturated heterocycles. The van der Waals surface area contributed by atoms with Crippen LogP contribution in [0.15, 0.2) is 71.1 Å². The number of likely N-dealkylation sites (tertiary alicyclic amines) is 1. The molecule has 1 N–H and O–H groups in total. The van der Waals surface area contributed by atoms with E-state index in [4.69, 9.17) is 4.42 Å². The zero-order valence-electron chi connectivity index (χ0n) is 19.8. The Bertz CT molecular complexity index is 1400. The Balaban J connectivity index is 1.36. The maximum atomic E-state index is 13.0. The van der Waals surface area contributed by atoms with E-state index >= 15 is 0 Å². The Kier molecular flexibility index (Phi) is 6.07. The number of nitrogens with one attached hydrogen (secondary N) is 1. The van der Waals surface area contributed by atoms with Gasteiger partial charge in [0.05, 0.1) is 5.56 Å². The van der Waals surface area contributed by atoms with Gasteiger partial charge in [-0.1, -0.05) is 24.3 Å². The molecule has 0 saturated carbocycles. The van der Waals surface area contributed by atoms with Gasteiger partial charge in [-0.15, -0.1) is 0 Å². The van der Waals surface area contributed by atoms with Gasteiger partial charge in [0.1, 0.15) is 11.6 Å². The Morgan fingerprint density at radius 3 is 2.53 bits per heavy atom. The fraction of sp³-hybridized carbons (Fsp3) is 0.259. The lowest BCUT2D eigenvalue weighted by Gasteiger charge is -2.23. The molecule has 0 spiro atoms. The van der Waals surface area contributed by atoms with Crippen LogP contribution in [0.4, 0.5) is 29.3 Å². The summed E-state index contributed by atoms with van der Waals surface area (Å²) in [5, 5.41) is 2.59. The van der Waals surface area contributed by atoms with Gasteiger partial charge >= 0.3 is 12.2 Å². The second kappa shape index (κ2) is 9.22. The second-order valence-electron chi connectivity index (χ2n) is 9.04. The summed E-state index contributed by atoms with van der Waals surface area (Å²) < 4.78 is 45.1. The van der Waals surface area contributed by atoms with Gasteiger partial charge in [0, 0.05) is 32.0 Å². The van der Waals surface area contributed by atoms with Crippen LogP contribution < -0.4 is 10.2 Å². The average molecular weight is 495 g/mol. The summed E-state index contributed by atoms with van der Waals surface area (Å²) in [7, 11) is 3.98. The zero-order chi connectivity index (χ0) is 25.4. The number of halogens is 3. The predicted octanol–water partition coefficient (Wildman–Crippen LogP) is 6.95. The topological polar surface area (TPSA) is 61.6 Å². The molecule has 36 heavy (non-hydrogen) atoms. The summed E-state index contributed by atoms with van der Waals surface area (Å²) in [6.45, 7) is 0.456. The molecule has 2 amide bonds. The van der Waals surface area contributed by atoms with Crippen molar-refractivity contribution >= 4 is 28.5 Å². The predicted molar refractivity (Wildman–Crippen MR) is 133 cm³/mol. The van der Waals surface area contributed by atoms with E-state index in [-0.39, 0.29) is 5.69 Å². The van der Waals surface area contributed by atoms with E-state index < -0.39 is 23.8 Å². The molecule has 4 aromatic rings. The second-order valence-corrected chi connectivity index (χ2v) is 9.04. The largest absolute Gasteiger partial charge is 0.438 e. The van der Waals surface area contributed by atoms with E-state index in [9.17, 15) is 18.0 Å². The van der Waals surface area contributed by atoms with Gasteiger partial charge in [-0.25, -0.2) is 9.78 Å². The van der Waals surface area contributed by atoms with Crippen LogP contribution in [0, 0.1) is 0 Å². The van der Waals surface area contributed by atoms with Crippen LogP contribution in [0.25, 0.3) is 22.2 Å². The number of carbonyl (C=O) groups is 1. The minimum atomic E-state index is -4.48. The standard InChI is InChI=1S/C27H25F3N4O2/c1-33(2)21-11-8-17(9-12-21)18-10-13-24-22(15-18)32-25(36-24)23-7-4-14-34(23)26(35)31-20-6-3-5-19(16-20)27(28,29)30/h3,5-6,8-13,15-16,23H,4,7,14H2,1-2H3,(H,31,35)/t23-/m1/s1. The van der Waals surface area contributed by atoms with Gasteiger partial charge < -0.3 is 19.5 Å². The van der Waals surface area contributed by atoms with E-state index in [0.29, 0.717) is 30.0 Å². The van der Waals surface area contributed by atoms with E-state index in [2.05, 4.69) is 10.3 Å². The highest BCUT2D eigenvalue weighted by Gasteiger charge is 2.34. The first-order chi connectivity index (χ1) is 17.2. The number of rotatable bonds is 4. The van der Waals surface area contributed by atoms with Crippen molar-refractivity contribution in [2.75, 3.05) is 30.9 Å². The number of amides is 2. The number of hydrogen-bond donors (Lipinski definition) is 1. The number of benzene rings is 3. The van der Waals surface area contributed by atoms with Crippen LogP contribution >= 0.6 is 0 Å². The molecular formula is C27H25F3N4O2. The lowest BCUT2D eigenvalue weighted by molar-refractivity contribution is -0.137. The molecule has 5 rings (SSSR count). The van der Waals surface area contributed by atoms with Crippen molar-refractivity contribution in [1.82, 2.24) is 9.88 Å². The number of alkyl halides is 3. The molecule has 1 aliphatic rings. The first kappa shape index (κ1) is 23.7. The van der Waals surface area contributed by atoms with Gasteiger partial charge in [-0.05, 0) is 66.4 Å². The van der Waals surface area contributed by atoms with Crippen molar-refractivity contribution in [3.05, 3.63) is 78.2 Å². The van der Waals surface area contributed by atoms with E-state index in [1.807, 2.05) is 61.5 Å². The van der Waals surface area contributed by atoms with Gasteiger partial charge in [-0.2, -0.15) is 13.2 Å². The number of hydrogen-bond acceptors (Lipinski definition) is 4. The molecule has 1 atom stereocenters. The number of fused-ring (bicyclic) bond motifs is 1. The molecule has 9 heteroatoms. The third-order valence-corrected chi connectivity index (χ3v) is 6.36. The summed E-state index contributed by atoms with van der Waals surface area (Å²) >= 11 is 0. The molecule has 0 radical (unpaired) electrons. The van der Waals surface area contributed by atoms with Crippen LogP contribution in [-0.2, 0) is 6.18 Å². The summed E-state index contributed by atoms with van der Waals surface area (Å²) in [4.78, 5) is 21.2. The summed E-state index contributed by atoms with van der Waals surface area (Å²) in [6.07, 6.45) is -3.09. The van der Waals surface area contributed by atoms with Gasteiger partial charge in [-0.3, -0.25) is 0 Å². The van der Waals surface area contributed by atoms with Crippen molar-refractivity contribution < 1.29 is 22.4 Å². The lowest BCUT2D eigenvalue weighted by atomic mass is 10.0. The Labute approximate surface area is 206 Å². The van der Waals surface area contributed by atoms with Gasteiger partial charge in [0.25, 0.3) is 0 Å². The van der Waals surface area contributed by atoms with Crippen molar-refractivity contribution in [1.29, 1.82) is 0 Å². The molecule has 1 aliphatic heterocycles. The highest BCUT2D eigenvalue weighted by Crippen LogP contribution is 2.35. The van der Waals surface area contributed by atoms with Crippen LogP contribution in [0.2, 0.25) is 0 Å². The summed E-state index contributed by atoms with van der Waals surface area (Å²) in [5.74, 6) is 0.418. The number of urea groups is 1. The fourth-order valence-corrected chi connectivity index (χ4v) is 4.45. The maximum Gasteiger partial charge on any atom is 0.416 e. The minimum Gasteiger partial charge on any atom is -0.438 e. The summed E-state index contributed by atoms with van der Waals surface area (Å²) in [5.41, 5.74) is 3.72. The normalized spacial score (nSPS) is 15.9. The first-order valence-electron chi connectivity index (χ1n) is 11.6. The molecule has 0 unspecified atom stereocenters. The molecule has 0 bridgehead atoms. The minimum absolute atomic E-state index is 0.0861. The van der Waals surface area contributed by atoms with Crippen LogP contribution in [0.5, 0.6) is 0 Å². The van der Waals surface area contributed by atoms with Crippen molar-refractivity contribution in [3.63, 3.8) is 0 Å². The number of aromatic nitrogens is 1. The number of anilines is 2. The highest BCUT2D eigenvalue weighted by atomic mass is 19.4. The zero-order valence-corrected chi connectivity index (χ0v) is 19.8. The van der Waals surface area contributed by atoms with E-state index in [1.165, 1.54) is 12.1 Å². The van der Waals surface area contributed by atoms with Crippen LogP contribution in [0.3, 0.4) is 0 Å². The smallest absolute Gasteiger partial charge is 0.416 e. The third kappa shape index (κ3) is 4.73. The Morgan fingerprint density at radius 1 is 1.06 bits per heavy atom. The number of oxazole rings is 1. The summed E-state index contributed by atoms with van der Waals surface area (Å²) in [6, 6.07) is 17.7. The first-order valence-corrected chi connectivity index (χ1v) is 11.6. The average Bonchev–Trinajstić information content (AvgIpc) is 3.50. The molecule has 1 fully saturated rings. The molecule has 2 heterocycles. The molecule has 3 aromatic carbocycles. The SMILES string of the molecule is CN(C)c1ccc(-c2ccc3oc([C@H]4CCCN4C(=O)Nc4cccc(C(F)(F)F)c4)nc3c2)cc1. The molecule has 0 aliphatic carbocycles. The fourth-order valence-electron chi connectivity index (χ4n) is 4.45. The third-order valence-electron chi connectivity index (χ3n) is 6.36. The quantitative estimate of drug-likeness (QED) is 0.334.